The molecule has 10 heteroatoms. The van der Waals surface area contributed by atoms with Crippen molar-refractivity contribution in [3.05, 3.63) is 76.3 Å². The minimum atomic E-state index is -3.69. The number of alkyl carbamates (subject to hydrolysis) is 1. The van der Waals surface area contributed by atoms with E-state index in [0.29, 0.717) is 36.1 Å². The molecule has 1 N–H and O–H groups in total. The molecule has 8 nitrogen and oxygen atoms in total. The standard InChI is InChI=1S/C31H36ClN3O5S/c1-31(2,3)40-30(37)33-20-21-4-5-23-17-26(7-6-22(23)16-21)29(36)34-12-14-35(15-13-34)41(38,39)28-11-9-24-18-27(32)10-8-25(24)19-28/h6-11,17-19,21H,4-5,12-16,20H2,1-3H3,(H,33,37). The average Bonchev–Trinajstić information content (AvgIpc) is 2.94. The monoisotopic (exact) mass is 597 g/mol. The molecule has 3 aromatic carbocycles. The van der Waals surface area contributed by atoms with Crippen molar-refractivity contribution >= 4 is 44.4 Å². The fourth-order valence-corrected chi connectivity index (χ4v) is 7.14. The van der Waals surface area contributed by atoms with Crippen LogP contribution in [0.25, 0.3) is 10.8 Å². The van der Waals surface area contributed by atoms with Crippen molar-refractivity contribution < 1.29 is 22.7 Å². The summed E-state index contributed by atoms with van der Waals surface area (Å²) in [6.07, 6.45) is 2.18. The Morgan fingerprint density at radius 3 is 2.39 bits per heavy atom. The van der Waals surface area contributed by atoms with Crippen molar-refractivity contribution in [1.82, 2.24) is 14.5 Å². The normalized spacial score (nSPS) is 18.1. The molecule has 2 aliphatic rings. The van der Waals surface area contributed by atoms with Gasteiger partial charge in [-0.2, -0.15) is 4.31 Å². The van der Waals surface area contributed by atoms with Crippen molar-refractivity contribution in [3.63, 3.8) is 0 Å². The van der Waals surface area contributed by atoms with E-state index >= 15 is 0 Å². The summed E-state index contributed by atoms with van der Waals surface area (Å²) in [5.74, 6) is 0.230. The lowest BCUT2D eigenvalue weighted by Crippen LogP contribution is -2.50. The minimum absolute atomic E-state index is 0.0823. The molecule has 218 valence electrons. The van der Waals surface area contributed by atoms with E-state index in [2.05, 4.69) is 5.32 Å². The molecule has 1 unspecified atom stereocenters. The minimum Gasteiger partial charge on any atom is -0.444 e. The number of halogens is 1. The van der Waals surface area contributed by atoms with Gasteiger partial charge in [-0.25, -0.2) is 13.2 Å². The molecular weight excluding hydrogens is 562 g/mol. The van der Waals surface area contributed by atoms with E-state index in [9.17, 15) is 18.0 Å². The number of nitrogens with zero attached hydrogens (tertiary/aromatic N) is 2. The van der Waals surface area contributed by atoms with E-state index in [0.717, 1.165) is 35.6 Å². The molecule has 0 bridgehead atoms. The summed E-state index contributed by atoms with van der Waals surface area (Å²) >= 11 is 6.06. The molecule has 3 aromatic rings. The van der Waals surface area contributed by atoms with Crippen molar-refractivity contribution in [2.24, 2.45) is 5.92 Å². The molecule has 1 aliphatic heterocycles. The van der Waals surface area contributed by atoms with Crippen molar-refractivity contribution in [1.29, 1.82) is 0 Å². The van der Waals surface area contributed by atoms with Gasteiger partial charge in [0.15, 0.2) is 0 Å². The van der Waals surface area contributed by atoms with E-state index in [1.54, 1.807) is 35.2 Å². The quantitative estimate of drug-likeness (QED) is 0.432. The number of hydrogen-bond donors (Lipinski definition) is 1. The number of benzene rings is 3. The van der Waals surface area contributed by atoms with Crippen molar-refractivity contribution in [2.75, 3.05) is 32.7 Å². The zero-order valence-corrected chi connectivity index (χ0v) is 25.2. The lowest BCUT2D eigenvalue weighted by atomic mass is 9.83. The number of aryl methyl sites for hydroxylation is 1. The van der Waals surface area contributed by atoms with Crippen LogP contribution in [0.2, 0.25) is 5.02 Å². The molecule has 1 heterocycles. The molecule has 0 spiro atoms. The first-order valence-electron chi connectivity index (χ1n) is 14.0. The number of carbonyl (C=O) groups excluding carboxylic acids is 2. The Morgan fingerprint density at radius 1 is 0.951 bits per heavy atom. The van der Waals surface area contributed by atoms with Gasteiger partial charge in [-0.1, -0.05) is 29.8 Å². The molecule has 1 saturated heterocycles. The largest absolute Gasteiger partial charge is 0.444 e. The number of fused-ring (bicyclic) bond motifs is 2. The Morgan fingerprint density at radius 2 is 1.66 bits per heavy atom. The average molecular weight is 598 g/mol. The molecule has 5 rings (SSSR count). The second kappa shape index (κ2) is 11.6. The summed E-state index contributed by atoms with van der Waals surface area (Å²) in [4.78, 5) is 27.3. The van der Waals surface area contributed by atoms with Gasteiger partial charge in [0, 0.05) is 43.3 Å². The van der Waals surface area contributed by atoms with E-state index in [1.807, 2.05) is 45.0 Å². The Balaban J connectivity index is 1.17. The maximum Gasteiger partial charge on any atom is 0.407 e. The first-order valence-corrected chi connectivity index (χ1v) is 15.8. The molecule has 1 aliphatic carbocycles. The van der Waals surface area contributed by atoms with Crippen LogP contribution in [0, 0.1) is 5.92 Å². The van der Waals surface area contributed by atoms with Gasteiger partial charge in [-0.15, -0.1) is 0 Å². The highest BCUT2D eigenvalue weighted by atomic mass is 35.5. The van der Waals surface area contributed by atoms with Gasteiger partial charge < -0.3 is 15.0 Å². The van der Waals surface area contributed by atoms with Gasteiger partial charge in [0.25, 0.3) is 5.91 Å². The van der Waals surface area contributed by atoms with Gasteiger partial charge in [0.05, 0.1) is 4.90 Å². The van der Waals surface area contributed by atoms with Gasteiger partial charge >= 0.3 is 6.09 Å². The topological polar surface area (TPSA) is 96.0 Å². The first kappa shape index (κ1) is 29.4. The molecule has 0 radical (unpaired) electrons. The number of nitrogens with one attached hydrogen (secondary N) is 1. The second-order valence-electron chi connectivity index (χ2n) is 11.8. The molecule has 0 aromatic heterocycles. The Labute approximate surface area is 246 Å². The van der Waals surface area contributed by atoms with Gasteiger partial charge in [-0.05, 0) is 104 Å². The van der Waals surface area contributed by atoms with E-state index in [4.69, 9.17) is 16.3 Å². The van der Waals surface area contributed by atoms with Gasteiger partial charge in [0.1, 0.15) is 5.60 Å². The van der Waals surface area contributed by atoms with Crippen LogP contribution < -0.4 is 5.32 Å². The third-order valence-electron chi connectivity index (χ3n) is 7.66. The van der Waals surface area contributed by atoms with E-state index in [1.165, 1.54) is 9.87 Å². The summed E-state index contributed by atoms with van der Waals surface area (Å²) in [6.45, 7) is 7.21. The maximum atomic E-state index is 13.3. The lowest BCUT2D eigenvalue weighted by Gasteiger charge is -2.34. The summed E-state index contributed by atoms with van der Waals surface area (Å²) in [5.41, 5.74) is 2.44. The zero-order chi connectivity index (χ0) is 29.4. The number of carbonyl (C=O) groups is 2. The van der Waals surface area contributed by atoms with Crippen LogP contribution >= 0.6 is 11.6 Å². The molecular formula is C31H36ClN3O5S. The number of rotatable bonds is 5. The first-order chi connectivity index (χ1) is 19.4. The van der Waals surface area contributed by atoms with Crippen LogP contribution in [0.4, 0.5) is 4.79 Å². The molecule has 41 heavy (non-hydrogen) atoms. The van der Waals surface area contributed by atoms with Crippen LogP contribution in [-0.4, -0.2) is 67.9 Å². The Hall–Kier alpha value is -3.14. The highest BCUT2D eigenvalue weighted by Crippen LogP contribution is 2.28. The molecule has 1 fully saturated rings. The fourth-order valence-electron chi connectivity index (χ4n) is 5.50. The number of hydrogen-bond acceptors (Lipinski definition) is 5. The van der Waals surface area contributed by atoms with E-state index in [-0.39, 0.29) is 23.9 Å². The van der Waals surface area contributed by atoms with Crippen LogP contribution in [0.1, 0.15) is 48.7 Å². The predicted octanol–water partition coefficient (Wildman–Crippen LogP) is 5.27. The number of amides is 2. The SMILES string of the molecule is CC(C)(C)OC(=O)NCC1CCc2cc(C(=O)N3CCN(S(=O)(=O)c4ccc5cc(Cl)ccc5c4)CC3)ccc2C1. The Kier molecular flexibility index (Phi) is 8.32. The third kappa shape index (κ3) is 6.85. The predicted molar refractivity (Wildman–Crippen MR) is 160 cm³/mol. The zero-order valence-electron chi connectivity index (χ0n) is 23.7. The third-order valence-corrected chi connectivity index (χ3v) is 9.78. The van der Waals surface area contributed by atoms with Gasteiger partial charge in [0.2, 0.25) is 10.0 Å². The van der Waals surface area contributed by atoms with Crippen molar-refractivity contribution in [2.45, 2.75) is 50.5 Å². The van der Waals surface area contributed by atoms with E-state index < -0.39 is 21.7 Å². The summed E-state index contributed by atoms with van der Waals surface area (Å²) < 4.78 is 33.5. The fraction of sp³-hybridized carbons (Fsp3) is 0.419. The number of piperazine rings is 1. The van der Waals surface area contributed by atoms with Crippen molar-refractivity contribution in [3.8, 4) is 0 Å². The highest BCUT2D eigenvalue weighted by Gasteiger charge is 2.31. The molecule has 0 saturated carbocycles. The number of sulfonamides is 1. The van der Waals surface area contributed by atoms with Crippen LogP contribution in [0.5, 0.6) is 0 Å². The number of ether oxygens (including phenoxy) is 1. The highest BCUT2D eigenvalue weighted by molar-refractivity contribution is 7.89. The smallest absolute Gasteiger partial charge is 0.407 e. The second-order valence-corrected chi connectivity index (χ2v) is 14.2. The van der Waals surface area contributed by atoms with Crippen LogP contribution in [-0.2, 0) is 27.6 Å². The molecule has 1 atom stereocenters. The van der Waals surface area contributed by atoms with Gasteiger partial charge in [-0.3, -0.25) is 4.79 Å². The maximum absolute atomic E-state index is 13.3. The molecule has 2 amide bonds. The summed E-state index contributed by atoms with van der Waals surface area (Å²) in [6, 6.07) is 16.2. The summed E-state index contributed by atoms with van der Waals surface area (Å²) in [7, 11) is -3.69. The Bertz CT molecular complexity index is 1580. The van der Waals surface area contributed by atoms with Crippen LogP contribution in [0.15, 0.2) is 59.5 Å². The van der Waals surface area contributed by atoms with Crippen LogP contribution in [0.3, 0.4) is 0 Å². The lowest BCUT2D eigenvalue weighted by molar-refractivity contribution is 0.0517. The summed E-state index contributed by atoms with van der Waals surface area (Å²) in [5, 5.41) is 5.16.